The monoisotopic (exact) mass is 766 g/mol. The third-order valence-electron chi connectivity index (χ3n) is 9.01. The maximum atomic E-state index is 12.1. The van der Waals surface area contributed by atoms with Crippen LogP contribution in [0.25, 0.3) is 0 Å². The van der Waals surface area contributed by atoms with Crippen LogP contribution in [0.2, 0.25) is 0 Å². The highest BCUT2D eigenvalue weighted by molar-refractivity contribution is 5.93. The number of aliphatic hydroxyl groups excluding tert-OH is 1. The largest absolute Gasteiger partial charge is 0.507 e. The average molecular weight is 767 g/mol. The number of aromatic hydroxyl groups is 3. The molecule has 3 aromatic rings. The second-order valence-corrected chi connectivity index (χ2v) is 15.1. The van der Waals surface area contributed by atoms with E-state index in [2.05, 4.69) is 34.6 Å². The number of unbranched alkanes of at least 4 members (excludes halogenated alkanes) is 1. The number of para-hydroxylation sites is 3. The van der Waals surface area contributed by atoms with Crippen molar-refractivity contribution in [3.05, 3.63) is 89.5 Å². The summed E-state index contributed by atoms with van der Waals surface area (Å²) in [5, 5.41) is 37.7. The smallest absolute Gasteiger partial charge is 0.342 e. The number of hydrogen-bond donors (Lipinski definition) is 4. The lowest BCUT2D eigenvalue weighted by atomic mass is 9.71. The van der Waals surface area contributed by atoms with Crippen LogP contribution < -0.4 is 0 Å². The van der Waals surface area contributed by atoms with Gasteiger partial charge in [-0.25, -0.2) is 14.4 Å². The molecule has 1 aliphatic carbocycles. The first-order valence-corrected chi connectivity index (χ1v) is 19.3. The van der Waals surface area contributed by atoms with Crippen molar-refractivity contribution >= 4 is 17.9 Å². The highest BCUT2D eigenvalue weighted by Gasteiger charge is 2.34. The fourth-order valence-electron chi connectivity index (χ4n) is 6.36. The van der Waals surface area contributed by atoms with Gasteiger partial charge < -0.3 is 39.4 Å². The molecule has 11 nitrogen and oxygen atoms in total. The average Bonchev–Trinajstić information content (AvgIpc) is 3.11. The number of ether oxygens (including phenoxy) is 4. The molecule has 0 heterocycles. The number of rotatable bonds is 15. The first-order chi connectivity index (χ1) is 26.1. The van der Waals surface area contributed by atoms with Gasteiger partial charge in [0.25, 0.3) is 0 Å². The number of carbonyl (C=O) groups is 3. The summed E-state index contributed by atoms with van der Waals surface area (Å²) in [4.78, 5) is 35.5. The van der Waals surface area contributed by atoms with Gasteiger partial charge in [0.1, 0.15) is 46.1 Å². The minimum absolute atomic E-state index is 0.0179. The van der Waals surface area contributed by atoms with Crippen molar-refractivity contribution in [2.45, 2.75) is 112 Å². The van der Waals surface area contributed by atoms with Crippen LogP contribution in [0, 0.1) is 17.3 Å². The maximum absolute atomic E-state index is 12.1. The number of esters is 3. The maximum Gasteiger partial charge on any atom is 0.342 e. The van der Waals surface area contributed by atoms with E-state index in [9.17, 15) is 29.7 Å². The lowest BCUT2D eigenvalue weighted by molar-refractivity contribution is -0.0163. The second kappa shape index (κ2) is 24.0. The molecule has 0 amide bonds. The van der Waals surface area contributed by atoms with Crippen LogP contribution in [0.3, 0.4) is 0 Å². The first-order valence-electron chi connectivity index (χ1n) is 19.3. The van der Waals surface area contributed by atoms with Crippen LogP contribution in [0.4, 0.5) is 0 Å². The number of hydrogen-bond acceptors (Lipinski definition) is 11. The minimum atomic E-state index is -0.596. The third kappa shape index (κ3) is 17.6. The van der Waals surface area contributed by atoms with E-state index in [4.69, 9.17) is 24.1 Å². The third-order valence-corrected chi connectivity index (χ3v) is 9.01. The van der Waals surface area contributed by atoms with Gasteiger partial charge >= 0.3 is 17.9 Å². The van der Waals surface area contributed by atoms with Crippen LogP contribution >= 0.6 is 0 Å². The van der Waals surface area contributed by atoms with E-state index in [0.717, 1.165) is 44.9 Å². The standard InChI is InChI=1S/C16H22O3.C15H22O3.C13H18O5/c1-11-8-12(10-16(2,3)9-11)19-15(18)13-6-4-5-7-14(13)17;1-3-5-8-12(4-2)11-18-15(17)13-9-6-7-10-14(13)16;1-9(14)7-17-8-10(2)18-13(16)11-5-3-4-6-12(11)15/h4-7,11-12,17H,8-10H2,1-3H3;6-7,9-10,12,16H,3-5,8,11H2,1-2H3;3-6,9-10,14-15H,7-8H2,1-2H3. The van der Waals surface area contributed by atoms with Crippen LogP contribution in [0.15, 0.2) is 72.8 Å². The highest BCUT2D eigenvalue weighted by atomic mass is 16.6. The molecule has 5 unspecified atom stereocenters. The predicted molar refractivity (Wildman–Crippen MR) is 211 cm³/mol. The summed E-state index contributed by atoms with van der Waals surface area (Å²) < 4.78 is 21.1. The number of benzene rings is 3. The quantitative estimate of drug-likeness (QED) is 0.0861. The Balaban J connectivity index is 0.000000285. The molecule has 5 atom stereocenters. The molecule has 0 radical (unpaired) electrons. The number of phenolic OH excluding ortho intramolecular Hbond substituents is 3. The topological polar surface area (TPSA) is 169 Å². The lowest BCUT2D eigenvalue weighted by Crippen LogP contribution is -2.34. The molecular formula is C44H62O11. The molecule has 0 spiro atoms. The summed E-state index contributed by atoms with van der Waals surface area (Å²) in [7, 11) is 0. The Morgan fingerprint density at radius 3 is 1.73 bits per heavy atom. The van der Waals surface area contributed by atoms with Crippen LogP contribution in [0.5, 0.6) is 17.2 Å². The SMILES string of the molecule is CC(O)COCC(C)OC(=O)c1ccccc1O.CC1CC(OC(=O)c2ccccc2O)CC(C)(C)C1.CCCCC(CC)COC(=O)c1ccccc1O. The van der Waals surface area contributed by atoms with Crippen molar-refractivity contribution in [1.29, 1.82) is 0 Å². The molecule has 11 heteroatoms. The summed E-state index contributed by atoms with van der Waals surface area (Å²) >= 11 is 0. The molecule has 304 valence electrons. The van der Waals surface area contributed by atoms with Gasteiger partial charge in [0.15, 0.2) is 0 Å². The van der Waals surface area contributed by atoms with Gasteiger partial charge in [0.05, 0.1) is 25.9 Å². The zero-order valence-electron chi connectivity index (χ0n) is 33.5. The summed E-state index contributed by atoms with van der Waals surface area (Å²) in [5.74, 6) is -0.637. The summed E-state index contributed by atoms with van der Waals surface area (Å²) in [6.45, 7) is 15.0. The van der Waals surface area contributed by atoms with E-state index >= 15 is 0 Å². The molecule has 1 fully saturated rings. The Hall–Kier alpha value is -4.61. The normalized spacial score (nSPS) is 17.5. The van der Waals surface area contributed by atoms with Crippen LogP contribution in [-0.2, 0) is 18.9 Å². The molecule has 1 saturated carbocycles. The Morgan fingerprint density at radius 2 is 1.25 bits per heavy atom. The zero-order chi connectivity index (χ0) is 41.0. The molecule has 1 aliphatic rings. The highest BCUT2D eigenvalue weighted by Crippen LogP contribution is 2.40. The van der Waals surface area contributed by atoms with Crippen molar-refractivity contribution in [3.8, 4) is 17.2 Å². The predicted octanol–water partition coefficient (Wildman–Crippen LogP) is 8.86. The molecule has 4 rings (SSSR count). The van der Waals surface area contributed by atoms with Gasteiger partial charge in [0.2, 0.25) is 0 Å². The fraction of sp³-hybridized carbons (Fsp3) is 0.523. The van der Waals surface area contributed by atoms with Gasteiger partial charge in [-0.05, 0) is 93.2 Å². The number of phenols is 3. The molecule has 55 heavy (non-hydrogen) atoms. The molecule has 0 bridgehead atoms. The van der Waals surface area contributed by atoms with Crippen LogP contribution in [-0.4, -0.2) is 76.5 Å². The zero-order valence-corrected chi connectivity index (χ0v) is 33.5. The Morgan fingerprint density at radius 1 is 0.745 bits per heavy atom. The Bertz CT molecular complexity index is 1600. The fourth-order valence-corrected chi connectivity index (χ4v) is 6.36. The lowest BCUT2D eigenvalue weighted by Gasteiger charge is -2.38. The van der Waals surface area contributed by atoms with Gasteiger partial charge in [-0.2, -0.15) is 0 Å². The van der Waals surface area contributed by atoms with Crippen molar-refractivity contribution in [2.24, 2.45) is 17.3 Å². The van der Waals surface area contributed by atoms with Gasteiger partial charge in [-0.15, -0.1) is 0 Å². The molecule has 0 saturated heterocycles. The molecular weight excluding hydrogens is 704 g/mol. The van der Waals surface area contributed by atoms with E-state index in [1.54, 1.807) is 62.4 Å². The van der Waals surface area contributed by atoms with Crippen LogP contribution in [0.1, 0.15) is 124 Å². The molecule has 3 aromatic carbocycles. The molecule has 0 aromatic heterocycles. The van der Waals surface area contributed by atoms with Crippen molar-refractivity contribution in [1.82, 2.24) is 0 Å². The van der Waals surface area contributed by atoms with Crippen molar-refractivity contribution in [3.63, 3.8) is 0 Å². The van der Waals surface area contributed by atoms with Gasteiger partial charge in [-0.1, -0.05) is 90.3 Å². The van der Waals surface area contributed by atoms with Gasteiger partial charge in [-0.3, -0.25) is 0 Å². The van der Waals surface area contributed by atoms with E-state index in [1.807, 2.05) is 0 Å². The number of aliphatic hydroxyl groups is 1. The van der Waals surface area contributed by atoms with E-state index in [-0.39, 0.29) is 58.7 Å². The van der Waals surface area contributed by atoms with E-state index < -0.39 is 30.1 Å². The Labute approximate surface area is 326 Å². The summed E-state index contributed by atoms with van der Waals surface area (Å²) in [6.07, 6.45) is 6.32. The number of carbonyl (C=O) groups excluding carboxylic acids is 3. The summed E-state index contributed by atoms with van der Waals surface area (Å²) in [5.41, 5.74) is 0.822. The molecule has 0 aliphatic heterocycles. The molecule has 4 N–H and O–H groups in total. The minimum Gasteiger partial charge on any atom is -0.507 e. The van der Waals surface area contributed by atoms with Gasteiger partial charge in [0, 0.05) is 0 Å². The second-order valence-electron chi connectivity index (χ2n) is 15.1. The van der Waals surface area contributed by atoms with Crippen molar-refractivity contribution < 1.29 is 53.8 Å². The van der Waals surface area contributed by atoms with Crippen molar-refractivity contribution in [2.75, 3.05) is 19.8 Å². The first kappa shape index (κ1) is 46.5. The van der Waals surface area contributed by atoms with E-state index in [0.29, 0.717) is 18.4 Å². The Kier molecular flexibility index (Phi) is 20.3. The van der Waals surface area contributed by atoms with E-state index in [1.165, 1.54) is 24.3 Å². The summed E-state index contributed by atoms with van der Waals surface area (Å²) in [6, 6.07) is 19.2.